The van der Waals surface area contributed by atoms with Gasteiger partial charge in [-0.1, -0.05) is 20.3 Å². The Labute approximate surface area is 124 Å². The van der Waals surface area contributed by atoms with E-state index >= 15 is 0 Å². The number of nitrogens with one attached hydrogen (secondary N) is 1. The second-order valence-corrected chi connectivity index (χ2v) is 6.38. The molecule has 4 nitrogen and oxygen atoms in total. The molecule has 118 valence electrons. The van der Waals surface area contributed by atoms with Crippen molar-refractivity contribution in [2.75, 3.05) is 20.1 Å². The van der Waals surface area contributed by atoms with Crippen molar-refractivity contribution in [3.63, 3.8) is 0 Å². The predicted molar refractivity (Wildman–Crippen MR) is 84.6 cm³/mol. The highest BCUT2D eigenvalue weighted by Crippen LogP contribution is 2.38. The van der Waals surface area contributed by atoms with Gasteiger partial charge in [0.1, 0.15) is 5.54 Å². The quantitative estimate of drug-likeness (QED) is 0.681. The van der Waals surface area contributed by atoms with Crippen molar-refractivity contribution in [2.45, 2.75) is 70.9 Å². The van der Waals surface area contributed by atoms with E-state index in [9.17, 15) is 4.79 Å². The van der Waals surface area contributed by atoms with E-state index in [1.165, 1.54) is 0 Å². The summed E-state index contributed by atoms with van der Waals surface area (Å²) in [6, 6.07) is 0.600. The summed E-state index contributed by atoms with van der Waals surface area (Å²) in [5.41, 5.74) is 5.29. The minimum absolute atomic E-state index is 0.153. The van der Waals surface area contributed by atoms with Crippen molar-refractivity contribution in [1.82, 2.24) is 10.2 Å². The molecule has 0 saturated heterocycles. The number of nitrogens with two attached hydrogens (primary N) is 1. The minimum atomic E-state index is -0.452. The molecule has 1 aliphatic rings. The lowest BCUT2D eigenvalue weighted by Crippen LogP contribution is -2.58. The maximum Gasteiger partial charge on any atom is 0.238 e. The van der Waals surface area contributed by atoms with Crippen molar-refractivity contribution in [1.29, 1.82) is 0 Å². The van der Waals surface area contributed by atoms with Crippen LogP contribution in [0.2, 0.25) is 0 Å². The summed E-state index contributed by atoms with van der Waals surface area (Å²) in [6.07, 6.45) is 6.39. The van der Waals surface area contributed by atoms with E-state index in [0.717, 1.165) is 51.6 Å². The van der Waals surface area contributed by atoms with E-state index in [0.29, 0.717) is 12.0 Å². The fourth-order valence-electron chi connectivity index (χ4n) is 3.35. The van der Waals surface area contributed by atoms with Crippen LogP contribution in [0.25, 0.3) is 0 Å². The molecule has 0 aromatic carbocycles. The zero-order chi connectivity index (χ0) is 15.2. The van der Waals surface area contributed by atoms with Crippen LogP contribution in [-0.2, 0) is 4.79 Å². The molecule has 0 aromatic heterocycles. The molecular weight excluding hydrogens is 250 g/mol. The highest BCUT2D eigenvalue weighted by Gasteiger charge is 2.46. The van der Waals surface area contributed by atoms with Crippen LogP contribution in [0.4, 0.5) is 0 Å². The van der Waals surface area contributed by atoms with Gasteiger partial charge < -0.3 is 16.0 Å². The minimum Gasteiger partial charge on any atom is -0.368 e. The lowest BCUT2D eigenvalue weighted by atomic mass is 9.83. The van der Waals surface area contributed by atoms with Crippen molar-refractivity contribution in [2.24, 2.45) is 11.7 Å². The molecule has 1 amide bonds. The highest BCUT2D eigenvalue weighted by molar-refractivity contribution is 5.85. The number of hydrogen-bond acceptors (Lipinski definition) is 3. The molecule has 4 heteroatoms. The van der Waals surface area contributed by atoms with Crippen LogP contribution < -0.4 is 11.1 Å². The first-order valence-corrected chi connectivity index (χ1v) is 8.23. The predicted octanol–water partition coefficient (Wildman–Crippen LogP) is 2.13. The van der Waals surface area contributed by atoms with Crippen LogP contribution in [0, 0.1) is 5.92 Å². The van der Waals surface area contributed by atoms with Crippen LogP contribution in [0.1, 0.15) is 59.3 Å². The molecule has 3 N–H and O–H groups in total. The van der Waals surface area contributed by atoms with E-state index in [1.54, 1.807) is 0 Å². The zero-order valence-corrected chi connectivity index (χ0v) is 13.7. The number of hydrogen-bond donors (Lipinski definition) is 2. The van der Waals surface area contributed by atoms with E-state index in [2.05, 4.69) is 38.0 Å². The van der Waals surface area contributed by atoms with Crippen molar-refractivity contribution < 1.29 is 4.79 Å². The molecule has 0 heterocycles. The van der Waals surface area contributed by atoms with Gasteiger partial charge in [-0.3, -0.25) is 4.79 Å². The van der Waals surface area contributed by atoms with Gasteiger partial charge in [-0.15, -0.1) is 0 Å². The summed E-state index contributed by atoms with van der Waals surface area (Å²) in [4.78, 5) is 14.4. The smallest absolute Gasteiger partial charge is 0.238 e. The van der Waals surface area contributed by atoms with Crippen LogP contribution >= 0.6 is 0 Å². The molecule has 3 atom stereocenters. The van der Waals surface area contributed by atoms with Crippen molar-refractivity contribution in [3.8, 4) is 0 Å². The first kappa shape index (κ1) is 17.4. The second kappa shape index (κ2) is 7.99. The first-order valence-electron chi connectivity index (χ1n) is 8.23. The van der Waals surface area contributed by atoms with Gasteiger partial charge in [-0.2, -0.15) is 0 Å². The highest BCUT2D eigenvalue weighted by atomic mass is 16.1. The molecule has 1 saturated carbocycles. The summed E-state index contributed by atoms with van der Waals surface area (Å²) in [7, 11) is 2.18. The third kappa shape index (κ3) is 3.95. The van der Waals surface area contributed by atoms with Crippen molar-refractivity contribution >= 4 is 5.91 Å². The SMILES string of the molecule is CCCNC1(C(N)=O)CCCC1CCN(C)C(C)CC. The lowest BCUT2D eigenvalue weighted by molar-refractivity contribution is -0.126. The average Bonchev–Trinajstić information content (AvgIpc) is 2.85. The van der Waals surface area contributed by atoms with Gasteiger partial charge >= 0.3 is 0 Å². The number of nitrogens with zero attached hydrogens (tertiary/aromatic N) is 1. The van der Waals surface area contributed by atoms with Gasteiger partial charge in [0.2, 0.25) is 5.91 Å². The maximum absolute atomic E-state index is 12.0. The second-order valence-electron chi connectivity index (χ2n) is 6.38. The normalized spacial score (nSPS) is 27.9. The van der Waals surface area contributed by atoms with E-state index in [-0.39, 0.29) is 5.91 Å². The van der Waals surface area contributed by atoms with Gasteiger partial charge in [0.05, 0.1) is 0 Å². The molecule has 0 spiro atoms. The molecule has 1 rings (SSSR count). The largest absolute Gasteiger partial charge is 0.368 e. The van der Waals surface area contributed by atoms with Crippen LogP contribution in [-0.4, -0.2) is 42.5 Å². The van der Waals surface area contributed by atoms with Gasteiger partial charge in [0.25, 0.3) is 0 Å². The molecule has 1 aliphatic carbocycles. The Hall–Kier alpha value is -0.610. The third-order valence-electron chi connectivity index (χ3n) is 5.12. The van der Waals surface area contributed by atoms with Crippen molar-refractivity contribution in [3.05, 3.63) is 0 Å². The van der Waals surface area contributed by atoms with Gasteiger partial charge in [0.15, 0.2) is 0 Å². The summed E-state index contributed by atoms with van der Waals surface area (Å²) in [6.45, 7) is 8.52. The third-order valence-corrected chi connectivity index (χ3v) is 5.12. The first-order chi connectivity index (χ1) is 9.47. The van der Waals surface area contributed by atoms with E-state index in [4.69, 9.17) is 5.73 Å². The van der Waals surface area contributed by atoms with Gasteiger partial charge in [-0.05, 0) is 65.1 Å². The number of carbonyl (C=O) groups is 1. The Morgan fingerprint density at radius 1 is 1.50 bits per heavy atom. The molecule has 0 aromatic rings. The summed E-state index contributed by atoms with van der Waals surface area (Å²) >= 11 is 0. The topological polar surface area (TPSA) is 58.4 Å². The molecule has 0 radical (unpaired) electrons. The average molecular weight is 283 g/mol. The van der Waals surface area contributed by atoms with Crippen LogP contribution in [0.15, 0.2) is 0 Å². The van der Waals surface area contributed by atoms with E-state index < -0.39 is 5.54 Å². The van der Waals surface area contributed by atoms with Gasteiger partial charge in [-0.25, -0.2) is 0 Å². The maximum atomic E-state index is 12.0. The molecule has 1 fully saturated rings. The standard InChI is InChI=1S/C16H33N3O/c1-5-11-18-16(15(17)20)10-7-8-14(16)9-12-19(4)13(3)6-2/h13-14,18H,5-12H2,1-4H3,(H2,17,20). The monoisotopic (exact) mass is 283 g/mol. The summed E-state index contributed by atoms with van der Waals surface area (Å²) in [5, 5.41) is 3.47. The van der Waals surface area contributed by atoms with Crippen LogP contribution in [0.5, 0.6) is 0 Å². The van der Waals surface area contributed by atoms with Gasteiger partial charge in [0, 0.05) is 6.04 Å². The molecular formula is C16H33N3O. The number of rotatable bonds is 9. The zero-order valence-electron chi connectivity index (χ0n) is 13.7. The summed E-state index contributed by atoms with van der Waals surface area (Å²) in [5.74, 6) is 0.234. The van der Waals surface area contributed by atoms with Crippen LogP contribution in [0.3, 0.4) is 0 Å². The van der Waals surface area contributed by atoms with E-state index in [1.807, 2.05) is 0 Å². The molecule has 0 aliphatic heterocycles. The fraction of sp³-hybridized carbons (Fsp3) is 0.938. The molecule has 20 heavy (non-hydrogen) atoms. The Morgan fingerprint density at radius 2 is 2.20 bits per heavy atom. The fourth-order valence-corrected chi connectivity index (χ4v) is 3.35. The number of carbonyl (C=O) groups excluding carboxylic acids is 1. The lowest BCUT2D eigenvalue weighted by Gasteiger charge is -2.35. The molecule has 3 unspecified atom stereocenters. The Kier molecular flexibility index (Phi) is 6.96. The Bertz CT molecular complexity index is 308. The molecule has 0 bridgehead atoms. The Balaban J connectivity index is 2.64. The summed E-state index contributed by atoms with van der Waals surface area (Å²) < 4.78 is 0. The Morgan fingerprint density at radius 3 is 2.75 bits per heavy atom. The number of primary amides is 1. The number of amides is 1.